The summed E-state index contributed by atoms with van der Waals surface area (Å²) in [5.74, 6) is -1.92. The van der Waals surface area contributed by atoms with Crippen molar-refractivity contribution >= 4 is 17.6 Å². The fourth-order valence-electron chi connectivity index (χ4n) is 1.93. The maximum absolute atomic E-state index is 13.2. The van der Waals surface area contributed by atoms with Gasteiger partial charge in [-0.05, 0) is 0 Å². The van der Waals surface area contributed by atoms with Crippen molar-refractivity contribution in [3.8, 4) is 0 Å². The van der Waals surface area contributed by atoms with Crippen LogP contribution in [0.2, 0.25) is 0 Å². The summed E-state index contributed by atoms with van der Waals surface area (Å²) >= 11 is 5.36. The second-order valence-corrected chi connectivity index (χ2v) is 4.69. The predicted octanol–water partition coefficient (Wildman–Crippen LogP) is -0.894. The average Bonchev–Trinajstić information content (AvgIpc) is 2.82. The quantitative estimate of drug-likeness (QED) is 0.549. The number of hydrogen-bond acceptors (Lipinski definition) is 6. The van der Waals surface area contributed by atoms with Crippen molar-refractivity contribution in [1.29, 1.82) is 0 Å². The van der Waals surface area contributed by atoms with Crippen LogP contribution in [0.3, 0.4) is 0 Å². The van der Waals surface area contributed by atoms with Crippen molar-refractivity contribution in [2.45, 2.75) is 24.9 Å². The molecule has 0 bridgehead atoms. The summed E-state index contributed by atoms with van der Waals surface area (Å²) < 4.78 is 23.9. The van der Waals surface area contributed by atoms with Gasteiger partial charge in [0.25, 0.3) is 5.56 Å². The molecular weight excluding hydrogens is 311 g/mol. The number of halogens is 2. The van der Waals surface area contributed by atoms with Gasteiger partial charge in [-0.15, -0.1) is 11.6 Å². The van der Waals surface area contributed by atoms with Gasteiger partial charge in [-0.2, -0.15) is 4.39 Å². The number of esters is 1. The lowest BCUT2D eigenvalue weighted by molar-refractivity contribution is -0.161. The van der Waals surface area contributed by atoms with E-state index >= 15 is 0 Å². The van der Waals surface area contributed by atoms with E-state index in [0.717, 1.165) is 4.57 Å². The third-order valence-electron chi connectivity index (χ3n) is 2.88. The molecule has 0 aliphatic carbocycles. The largest absolute Gasteiger partial charge is 0.462 e. The summed E-state index contributed by atoms with van der Waals surface area (Å²) in [4.78, 5) is 35.9. The minimum absolute atomic E-state index is 0.0507. The van der Waals surface area contributed by atoms with Crippen LogP contribution in [0.1, 0.15) is 12.6 Å². The highest BCUT2D eigenvalue weighted by Crippen LogP contribution is 2.28. The summed E-state index contributed by atoms with van der Waals surface area (Å²) in [5.41, 5.74) is -2.07. The monoisotopic (exact) mass is 322 g/mol. The van der Waals surface area contributed by atoms with Crippen LogP contribution < -0.4 is 11.2 Å². The number of ether oxygens (including phenoxy) is 2. The van der Waals surface area contributed by atoms with Gasteiger partial charge in [0.05, 0.1) is 18.2 Å². The van der Waals surface area contributed by atoms with Crippen LogP contribution in [0, 0.1) is 5.82 Å². The van der Waals surface area contributed by atoms with Crippen LogP contribution in [-0.4, -0.2) is 45.3 Å². The number of nitrogens with zero attached hydrogens (tertiary/aromatic N) is 1. The average molecular weight is 323 g/mol. The first-order valence-electron chi connectivity index (χ1n) is 6.01. The lowest BCUT2D eigenvalue weighted by Crippen LogP contribution is -2.35. The first-order valence-corrected chi connectivity index (χ1v) is 6.54. The molecule has 0 aromatic carbocycles. The van der Waals surface area contributed by atoms with Gasteiger partial charge in [-0.25, -0.2) is 9.59 Å². The smallest absolute Gasteiger partial charge is 0.338 e. The molecule has 0 spiro atoms. The van der Waals surface area contributed by atoms with Crippen molar-refractivity contribution < 1.29 is 23.8 Å². The Hall–Kier alpha value is -1.71. The highest BCUT2D eigenvalue weighted by Gasteiger charge is 2.41. The third-order valence-corrected chi connectivity index (χ3v) is 3.04. The number of hydrogen-bond donors (Lipinski definition) is 2. The molecule has 0 saturated carbocycles. The molecule has 0 radical (unpaired) electrons. The van der Waals surface area contributed by atoms with E-state index in [4.69, 9.17) is 21.1 Å². The molecule has 10 heteroatoms. The molecule has 2 N–H and O–H groups in total. The number of carbonyl (C=O) groups is 1. The van der Waals surface area contributed by atoms with Gasteiger partial charge in [-0.1, -0.05) is 0 Å². The zero-order chi connectivity index (χ0) is 15.6. The molecule has 1 fully saturated rings. The molecular formula is C11H12ClFN2O6. The normalized spacial score (nSPS) is 25.0. The Balaban J connectivity index is 2.18. The first-order chi connectivity index (χ1) is 9.93. The van der Waals surface area contributed by atoms with E-state index in [2.05, 4.69) is 0 Å². The van der Waals surface area contributed by atoms with Crippen molar-refractivity contribution in [2.24, 2.45) is 0 Å². The molecule has 21 heavy (non-hydrogen) atoms. The number of H-pyrrole nitrogens is 1. The van der Waals surface area contributed by atoms with Crippen LogP contribution in [-0.2, 0) is 14.3 Å². The van der Waals surface area contributed by atoms with Gasteiger partial charge < -0.3 is 14.6 Å². The minimum atomic E-state index is -1.31. The predicted molar refractivity (Wildman–Crippen MR) is 67.5 cm³/mol. The van der Waals surface area contributed by atoms with Gasteiger partial charge in [-0.3, -0.25) is 14.3 Å². The van der Waals surface area contributed by atoms with E-state index in [1.165, 1.54) is 0 Å². The summed E-state index contributed by atoms with van der Waals surface area (Å²) in [7, 11) is 0. The number of aliphatic hydroxyl groups is 1. The summed E-state index contributed by atoms with van der Waals surface area (Å²) in [6.07, 6.45) is -3.09. The molecule has 1 saturated heterocycles. The number of aromatic amines is 1. The fourth-order valence-corrected chi connectivity index (χ4v) is 2.01. The Morgan fingerprint density at radius 1 is 1.62 bits per heavy atom. The van der Waals surface area contributed by atoms with Crippen LogP contribution in [0.15, 0.2) is 15.8 Å². The molecule has 8 nitrogen and oxygen atoms in total. The zero-order valence-corrected chi connectivity index (χ0v) is 11.4. The van der Waals surface area contributed by atoms with Gasteiger partial charge in [0.2, 0.25) is 5.82 Å². The molecule has 2 heterocycles. The fraction of sp³-hybridized carbons (Fsp3) is 0.545. The van der Waals surface area contributed by atoms with E-state index in [1.54, 1.807) is 4.98 Å². The number of rotatable bonds is 4. The second kappa shape index (κ2) is 6.37. The maximum Gasteiger partial charge on any atom is 0.338 e. The second-order valence-electron chi connectivity index (χ2n) is 4.31. The topological polar surface area (TPSA) is 111 Å². The molecule has 1 aliphatic rings. The van der Waals surface area contributed by atoms with Crippen LogP contribution in [0.4, 0.5) is 4.39 Å². The molecule has 116 valence electrons. The molecule has 1 aliphatic heterocycles. The minimum Gasteiger partial charge on any atom is -0.462 e. The van der Waals surface area contributed by atoms with E-state index in [1.807, 2.05) is 0 Å². The first kappa shape index (κ1) is 15.7. The molecule has 0 amide bonds. The Kier molecular flexibility index (Phi) is 4.76. The van der Waals surface area contributed by atoms with Crippen molar-refractivity contribution in [1.82, 2.24) is 9.55 Å². The number of nitrogens with one attached hydrogen (secondary N) is 1. The number of aromatic nitrogens is 2. The lowest BCUT2D eigenvalue weighted by atomic mass is 10.2. The van der Waals surface area contributed by atoms with E-state index in [0.29, 0.717) is 6.20 Å². The molecule has 1 aromatic heterocycles. The van der Waals surface area contributed by atoms with Crippen LogP contribution in [0.25, 0.3) is 0 Å². The highest BCUT2D eigenvalue weighted by atomic mass is 35.5. The molecule has 1 aromatic rings. The Morgan fingerprint density at radius 2 is 2.33 bits per heavy atom. The molecule has 2 rings (SSSR count). The van der Waals surface area contributed by atoms with Gasteiger partial charge in [0.15, 0.2) is 6.10 Å². The number of carbonyl (C=O) groups excluding carboxylic acids is 1. The van der Waals surface area contributed by atoms with Crippen molar-refractivity contribution in [2.75, 3.05) is 12.5 Å². The standard InChI is InChI=1S/C11H12ClFN2O6/c12-1-2-20-10(18)8-6(16)3-7(21-8)15-4-5(13)9(17)14-11(15)19/h4,6-8,16H,1-3H2,(H,14,17,19). The van der Waals surface area contributed by atoms with Gasteiger partial charge in [0, 0.05) is 6.42 Å². The molecule has 3 atom stereocenters. The third kappa shape index (κ3) is 3.31. The zero-order valence-electron chi connectivity index (χ0n) is 10.6. The van der Waals surface area contributed by atoms with Gasteiger partial charge >= 0.3 is 11.7 Å². The SMILES string of the molecule is O=C(OCCCl)C1OC(n2cc(F)c(=O)[nH]c2=O)CC1O. The van der Waals surface area contributed by atoms with Crippen LogP contribution >= 0.6 is 11.6 Å². The Bertz CT molecular complexity index is 644. The van der Waals surface area contributed by atoms with Gasteiger partial charge in [0.1, 0.15) is 12.8 Å². The van der Waals surface area contributed by atoms with E-state index in [-0.39, 0.29) is 18.9 Å². The lowest BCUT2D eigenvalue weighted by Gasteiger charge is -2.14. The number of alkyl halides is 1. The number of aliphatic hydroxyl groups excluding tert-OH is 1. The summed E-state index contributed by atoms with van der Waals surface area (Å²) in [5, 5.41) is 9.77. The van der Waals surface area contributed by atoms with Crippen LogP contribution in [0.5, 0.6) is 0 Å². The summed E-state index contributed by atoms with van der Waals surface area (Å²) in [6, 6.07) is 0. The van der Waals surface area contributed by atoms with Crippen molar-refractivity contribution in [3.63, 3.8) is 0 Å². The van der Waals surface area contributed by atoms with E-state index in [9.17, 15) is 23.9 Å². The van der Waals surface area contributed by atoms with Crippen molar-refractivity contribution in [3.05, 3.63) is 32.9 Å². The maximum atomic E-state index is 13.2. The summed E-state index contributed by atoms with van der Waals surface area (Å²) in [6.45, 7) is -0.0507. The Labute approximate surface area is 122 Å². The molecule has 3 unspecified atom stereocenters. The Morgan fingerprint density at radius 3 is 3.00 bits per heavy atom. The van der Waals surface area contributed by atoms with E-state index < -0.39 is 41.5 Å². The highest BCUT2D eigenvalue weighted by molar-refractivity contribution is 6.18.